The van der Waals surface area contributed by atoms with Gasteiger partial charge in [-0.25, -0.2) is 4.98 Å². The number of rotatable bonds is 3. The summed E-state index contributed by atoms with van der Waals surface area (Å²) in [6.45, 7) is 7.26. The van der Waals surface area contributed by atoms with Crippen molar-refractivity contribution in [2.75, 3.05) is 6.54 Å². The van der Waals surface area contributed by atoms with Crippen LogP contribution in [0.3, 0.4) is 0 Å². The zero-order valence-corrected chi connectivity index (χ0v) is 15.0. The van der Waals surface area contributed by atoms with Gasteiger partial charge in [-0.15, -0.1) is 0 Å². The molecular weight excluding hydrogens is 300 g/mol. The molecule has 1 saturated carbocycles. The first-order valence-electron chi connectivity index (χ1n) is 9.12. The van der Waals surface area contributed by atoms with Gasteiger partial charge in [0.25, 0.3) is 5.91 Å². The Balaban J connectivity index is 1.84. The number of likely N-dealkylation sites (tertiary alicyclic amines) is 1. The minimum Gasteiger partial charge on any atom is -0.335 e. The highest BCUT2D eigenvalue weighted by Crippen LogP contribution is 2.41. The molecule has 4 rings (SSSR count). The van der Waals surface area contributed by atoms with Crippen LogP contribution in [0.4, 0.5) is 0 Å². The van der Waals surface area contributed by atoms with Gasteiger partial charge in [0.2, 0.25) is 0 Å². The van der Waals surface area contributed by atoms with Gasteiger partial charge in [-0.1, -0.05) is 13.8 Å². The molecule has 5 heteroatoms. The third-order valence-electron chi connectivity index (χ3n) is 5.54. The molecule has 128 valence electrons. The molecule has 0 radical (unpaired) electrons. The number of pyridine rings is 1. The molecule has 1 amide bonds. The maximum Gasteiger partial charge on any atom is 0.254 e. The number of amides is 1. The fourth-order valence-corrected chi connectivity index (χ4v) is 4.11. The normalized spacial score (nSPS) is 21.2. The van der Waals surface area contributed by atoms with E-state index in [1.807, 2.05) is 24.7 Å². The molecule has 2 aromatic heterocycles. The monoisotopic (exact) mass is 326 g/mol. The summed E-state index contributed by atoms with van der Waals surface area (Å²) in [7, 11) is 1.92. The first kappa shape index (κ1) is 15.6. The molecule has 2 fully saturated rings. The number of hydrogen-bond donors (Lipinski definition) is 0. The number of aromatic nitrogens is 3. The maximum atomic E-state index is 13.4. The van der Waals surface area contributed by atoms with Crippen molar-refractivity contribution in [3.63, 3.8) is 0 Å². The quantitative estimate of drug-likeness (QED) is 0.868. The fraction of sp³-hybridized carbons (Fsp3) is 0.632. The van der Waals surface area contributed by atoms with Crippen molar-refractivity contribution < 1.29 is 4.79 Å². The number of carbonyl (C=O) groups is 1. The number of fused-ring (bicyclic) bond motifs is 1. The third kappa shape index (κ3) is 2.41. The molecule has 0 aromatic carbocycles. The molecule has 2 aromatic rings. The molecule has 5 nitrogen and oxygen atoms in total. The van der Waals surface area contributed by atoms with Gasteiger partial charge in [0.05, 0.1) is 16.6 Å². The molecular formula is C19H26N4O. The lowest BCUT2D eigenvalue weighted by atomic mass is 10.0. The van der Waals surface area contributed by atoms with Gasteiger partial charge in [0, 0.05) is 31.2 Å². The van der Waals surface area contributed by atoms with Gasteiger partial charge in [0.15, 0.2) is 5.65 Å². The lowest BCUT2D eigenvalue weighted by Gasteiger charge is -2.28. The average Bonchev–Trinajstić information content (AvgIpc) is 3.21. The predicted molar refractivity (Wildman–Crippen MR) is 94.1 cm³/mol. The van der Waals surface area contributed by atoms with E-state index < -0.39 is 0 Å². The third-order valence-corrected chi connectivity index (χ3v) is 5.54. The van der Waals surface area contributed by atoms with Gasteiger partial charge in [-0.3, -0.25) is 9.48 Å². The molecule has 1 aliphatic carbocycles. The van der Waals surface area contributed by atoms with Crippen molar-refractivity contribution in [2.24, 2.45) is 13.0 Å². The van der Waals surface area contributed by atoms with E-state index in [1.165, 1.54) is 12.8 Å². The molecule has 0 N–H and O–H groups in total. The smallest absolute Gasteiger partial charge is 0.254 e. The van der Waals surface area contributed by atoms with Crippen LogP contribution in [0.25, 0.3) is 11.0 Å². The Hall–Kier alpha value is -1.91. The summed E-state index contributed by atoms with van der Waals surface area (Å²) in [4.78, 5) is 20.3. The van der Waals surface area contributed by atoms with E-state index in [2.05, 4.69) is 23.8 Å². The molecule has 1 atom stereocenters. The summed E-state index contributed by atoms with van der Waals surface area (Å²) >= 11 is 0. The maximum absolute atomic E-state index is 13.4. The summed E-state index contributed by atoms with van der Waals surface area (Å²) in [5.74, 6) is 1.18. The van der Waals surface area contributed by atoms with Crippen molar-refractivity contribution in [1.29, 1.82) is 0 Å². The van der Waals surface area contributed by atoms with Gasteiger partial charge in [0.1, 0.15) is 0 Å². The Morgan fingerprint density at radius 3 is 2.71 bits per heavy atom. The van der Waals surface area contributed by atoms with Crippen LogP contribution in [0.2, 0.25) is 0 Å². The lowest BCUT2D eigenvalue weighted by Crippen LogP contribution is -2.38. The summed E-state index contributed by atoms with van der Waals surface area (Å²) < 4.78 is 1.82. The fourth-order valence-electron chi connectivity index (χ4n) is 4.11. The number of nitrogens with zero attached hydrogens (tertiary/aromatic N) is 4. The van der Waals surface area contributed by atoms with Crippen LogP contribution < -0.4 is 0 Å². The highest BCUT2D eigenvalue weighted by molar-refractivity contribution is 6.06. The highest BCUT2D eigenvalue weighted by Gasteiger charge is 2.34. The minimum absolute atomic E-state index is 0.164. The Bertz CT molecular complexity index is 803. The van der Waals surface area contributed by atoms with Crippen molar-refractivity contribution in [2.45, 2.75) is 58.4 Å². The SMILES string of the molecule is Cc1nn(C)c2nc(C3CC3)cc(C(=O)N3CCCC3C(C)C)c12. The zero-order chi connectivity index (χ0) is 17.0. The standard InChI is InChI=1S/C19H26N4O/c1-11(2)16-6-5-9-23(16)19(24)14-10-15(13-7-8-13)20-18-17(14)12(3)21-22(18)4/h10-11,13,16H,5-9H2,1-4H3. The van der Waals surface area contributed by atoms with Gasteiger partial charge >= 0.3 is 0 Å². The van der Waals surface area contributed by atoms with Crippen LogP contribution in [0.1, 0.15) is 67.2 Å². The average molecular weight is 326 g/mol. The molecule has 1 saturated heterocycles. The number of aryl methyl sites for hydroxylation is 2. The van der Waals surface area contributed by atoms with E-state index in [9.17, 15) is 4.79 Å². The van der Waals surface area contributed by atoms with Crippen LogP contribution in [-0.2, 0) is 7.05 Å². The Kier molecular flexibility index (Phi) is 3.62. The van der Waals surface area contributed by atoms with Gasteiger partial charge in [-0.2, -0.15) is 5.10 Å². The van der Waals surface area contributed by atoms with Crippen molar-refractivity contribution in [3.8, 4) is 0 Å². The van der Waals surface area contributed by atoms with Crippen LogP contribution >= 0.6 is 0 Å². The molecule has 2 aliphatic rings. The zero-order valence-electron chi connectivity index (χ0n) is 15.0. The minimum atomic E-state index is 0.164. The first-order valence-corrected chi connectivity index (χ1v) is 9.12. The van der Waals surface area contributed by atoms with Crippen molar-refractivity contribution in [1.82, 2.24) is 19.7 Å². The molecule has 24 heavy (non-hydrogen) atoms. The second-order valence-corrected chi connectivity index (χ2v) is 7.73. The van der Waals surface area contributed by atoms with E-state index in [0.717, 1.165) is 47.4 Å². The van der Waals surface area contributed by atoms with Gasteiger partial charge < -0.3 is 4.90 Å². The second-order valence-electron chi connectivity index (χ2n) is 7.73. The number of carbonyl (C=O) groups excluding carboxylic acids is 1. The Morgan fingerprint density at radius 1 is 1.29 bits per heavy atom. The molecule has 0 bridgehead atoms. The van der Waals surface area contributed by atoms with Crippen LogP contribution in [0.5, 0.6) is 0 Å². The largest absolute Gasteiger partial charge is 0.335 e. The van der Waals surface area contributed by atoms with Crippen molar-refractivity contribution in [3.05, 3.63) is 23.0 Å². The summed E-state index contributed by atoms with van der Waals surface area (Å²) in [5.41, 5.74) is 3.61. The van der Waals surface area contributed by atoms with Crippen LogP contribution in [-0.4, -0.2) is 38.2 Å². The molecule has 0 spiro atoms. The highest BCUT2D eigenvalue weighted by atomic mass is 16.2. The molecule has 1 aliphatic heterocycles. The topological polar surface area (TPSA) is 51.0 Å². The van der Waals surface area contributed by atoms with E-state index in [-0.39, 0.29) is 5.91 Å². The van der Waals surface area contributed by atoms with Crippen molar-refractivity contribution >= 4 is 16.9 Å². The molecule has 1 unspecified atom stereocenters. The predicted octanol–water partition coefficient (Wildman–Crippen LogP) is 3.41. The molecule has 3 heterocycles. The van der Waals surface area contributed by atoms with E-state index in [4.69, 9.17) is 4.98 Å². The van der Waals surface area contributed by atoms with E-state index in [0.29, 0.717) is 17.9 Å². The summed E-state index contributed by atoms with van der Waals surface area (Å²) in [5, 5.41) is 5.45. The lowest BCUT2D eigenvalue weighted by molar-refractivity contribution is 0.0703. The second kappa shape index (κ2) is 5.57. The Morgan fingerprint density at radius 2 is 2.04 bits per heavy atom. The van der Waals surface area contributed by atoms with Gasteiger partial charge in [-0.05, 0) is 44.6 Å². The van der Waals surface area contributed by atoms with E-state index >= 15 is 0 Å². The van der Waals surface area contributed by atoms with E-state index in [1.54, 1.807) is 0 Å². The summed E-state index contributed by atoms with van der Waals surface area (Å²) in [6, 6.07) is 2.40. The summed E-state index contributed by atoms with van der Waals surface area (Å²) in [6.07, 6.45) is 4.58. The van der Waals surface area contributed by atoms with Crippen LogP contribution in [0, 0.1) is 12.8 Å². The Labute approximate surface area is 143 Å². The van der Waals surface area contributed by atoms with Crippen LogP contribution in [0.15, 0.2) is 6.07 Å². The first-order chi connectivity index (χ1) is 11.5. The number of hydrogen-bond acceptors (Lipinski definition) is 3.